The third kappa shape index (κ3) is 3.69. The van der Waals surface area contributed by atoms with E-state index in [1.807, 2.05) is 17.2 Å². The van der Waals surface area contributed by atoms with Crippen molar-refractivity contribution in [3.8, 4) is 0 Å². The number of rotatable bonds is 4. The lowest BCUT2D eigenvalue weighted by atomic mass is 10.2. The smallest absolute Gasteiger partial charge is 0.239 e. The van der Waals surface area contributed by atoms with Gasteiger partial charge in [0.05, 0.1) is 6.04 Å². The lowest BCUT2D eigenvalue weighted by Crippen LogP contribution is -2.54. The van der Waals surface area contributed by atoms with Gasteiger partial charge < -0.3 is 9.80 Å². The molecular weight excluding hydrogens is 302 g/mol. The minimum Gasteiger partial charge on any atom is -0.354 e. The molecule has 132 valence electrons. The quantitative estimate of drug-likeness (QED) is 0.841. The standard InChI is InChI=1S/C18H29N5O/c1-14(2)17-19-7-6-16(20-17)22-12-10-21(11-13-22)15(3)18(24)23-8-4-5-9-23/h6-7,14-15H,4-5,8-13H2,1-3H3. The zero-order chi connectivity index (χ0) is 17.1. The van der Waals surface area contributed by atoms with E-state index >= 15 is 0 Å². The van der Waals surface area contributed by atoms with Gasteiger partial charge in [-0.15, -0.1) is 0 Å². The molecule has 0 spiro atoms. The fraction of sp³-hybridized carbons (Fsp3) is 0.722. The Bertz CT molecular complexity index is 562. The number of piperazine rings is 1. The SMILES string of the molecule is CC(C)c1nccc(N2CCN(C(C)C(=O)N3CCCC3)CC2)n1. The highest BCUT2D eigenvalue weighted by atomic mass is 16.2. The summed E-state index contributed by atoms with van der Waals surface area (Å²) in [5, 5.41) is 0. The number of carbonyl (C=O) groups is 1. The number of carbonyl (C=O) groups excluding carboxylic acids is 1. The van der Waals surface area contributed by atoms with E-state index in [1.165, 1.54) is 0 Å². The van der Waals surface area contributed by atoms with Crippen LogP contribution < -0.4 is 4.90 Å². The van der Waals surface area contributed by atoms with E-state index < -0.39 is 0 Å². The van der Waals surface area contributed by atoms with E-state index in [9.17, 15) is 4.79 Å². The van der Waals surface area contributed by atoms with Crippen molar-refractivity contribution >= 4 is 11.7 Å². The summed E-state index contributed by atoms with van der Waals surface area (Å²) in [6.45, 7) is 11.8. The Hall–Kier alpha value is -1.69. The van der Waals surface area contributed by atoms with Gasteiger partial charge in [-0.25, -0.2) is 9.97 Å². The molecule has 1 unspecified atom stereocenters. The number of amides is 1. The minimum absolute atomic E-state index is 0.0122. The average Bonchev–Trinajstić information content (AvgIpc) is 3.15. The predicted molar refractivity (Wildman–Crippen MR) is 95.2 cm³/mol. The highest BCUT2D eigenvalue weighted by Gasteiger charge is 2.30. The van der Waals surface area contributed by atoms with E-state index in [0.717, 1.165) is 63.8 Å². The Labute approximate surface area is 144 Å². The van der Waals surface area contributed by atoms with Gasteiger partial charge in [-0.1, -0.05) is 13.8 Å². The largest absolute Gasteiger partial charge is 0.354 e. The van der Waals surface area contributed by atoms with E-state index in [-0.39, 0.29) is 6.04 Å². The van der Waals surface area contributed by atoms with Crippen LogP contribution in [0.1, 0.15) is 45.4 Å². The van der Waals surface area contributed by atoms with Crippen LogP contribution in [0.4, 0.5) is 5.82 Å². The van der Waals surface area contributed by atoms with Crippen LogP contribution in [-0.4, -0.2) is 71.0 Å². The molecule has 0 aliphatic carbocycles. The average molecular weight is 331 g/mol. The van der Waals surface area contributed by atoms with Crippen LogP contribution in [0.15, 0.2) is 12.3 Å². The number of nitrogens with zero attached hydrogens (tertiary/aromatic N) is 5. The zero-order valence-corrected chi connectivity index (χ0v) is 15.1. The molecule has 3 heterocycles. The van der Waals surface area contributed by atoms with Gasteiger partial charge in [-0.05, 0) is 25.8 Å². The van der Waals surface area contributed by atoms with Crippen LogP contribution >= 0.6 is 0 Å². The first-order valence-corrected chi connectivity index (χ1v) is 9.17. The molecule has 0 N–H and O–H groups in total. The third-order valence-electron chi connectivity index (χ3n) is 5.14. The maximum absolute atomic E-state index is 12.6. The molecule has 6 heteroatoms. The summed E-state index contributed by atoms with van der Waals surface area (Å²) in [5.41, 5.74) is 0. The molecular formula is C18H29N5O. The maximum Gasteiger partial charge on any atom is 0.239 e. The predicted octanol–water partition coefficient (Wildman–Crippen LogP) is 1.73. The van der Waals surface area contributed by atoms with Crippen LogP contribution in [0.5, 0.6) is 0 Å². The van der Waals surface area contributed by atoms with Crippen LogP contribution in [0.25, 0.3) is 0 Å². The molecule has 1 atom stereocenters. The number of likely N-dealkylation sites (tertiary alicyclic amines) is 1. The lowest BCUT2D eigenvalue weighted by molar-refractivity contribution is -0.135. The summed E-state index contributed by atoms with van der Waals surface area (Å²) < 4.78 is 0. The van der Waals surface area contributed by atoms with E-state index in [1.54, 1.807) is 0 Å². The van der Waals surface area contributed by atoms with Crippen LogP contribution in [0, 0.1) is 0 Å². The van der Waals surface area contributed by atoms with E-state index in [4.69, 9.17) is 0 Å². The van der Waals surface area contributed by atoms with Crippen molar-refractivity contribution in [2.75, 3.05) is 44.2 Å². The fourth-order valence-electron chi connectivity index (χ4n) is 3.51. The molecule has 0 aromatic carbocycles. The van der Waals surface area contributed by atoms with Gasteiger partial charge >= 0.3 is 0 Å². The van der Waals surface area contributed by atoms with Crippen LogP contribution in [0.2, 0.25) is 0 Å². The summed E-state index contributed by atoms with van der Waals surface area (Å²) in [7, 11) is 0. The molecule has 1 aromatic rings. The first-order chi connectivity index (χ1) is 11.6. The number of anilines is 1. The molecule has 0 saturated carbocycles. The number of hydrogen-bond donors (Lipinski definition) is 0. The summed E-state index contributed by atoms with van der Waals surface area (Å²) in [6, 6.07) is 1.97. The Morgan fingerprint density at radius 1 is 1.04 bits per heavy atom. The summed E-state index contributed by atoms with van der Waals surface area (Å²) in [5.74, 6) is 2.54. The Kier molecular flexibility index (Phi) is 5.33. The van der Waals surface area contributed by atoms with Gasteiger partial charge in [-0.2, -0.15) is 0 Å². The van der Waals surface area contributed by atoms with Crippen molar-refractivity contribution in [1.82, 2.24) is 19.8 Å². The van der Waals surface area contributed by atoms with Gasteiger partial charge in [0.1, 0.15) is 11.6 Å². The molecule has 3 rings (SSSR count). The fourth-order valence-corrected chi connectivity index (χ4v) is 3.51. The first kappa shape index (κ1) is 17.1. The summed E-state index contributed by atoms with van der Waals surface area (Å²) in [6.07, 6.45) is 4.15. The molecule has 24 heavy (non-hydrogen) atoms. The van der Waals surface area contributed by atoms with Gasteiger partial charge in [0.25, 0.3) is 0 Å². The molecule has 2 aliphatic rings. The van der Waals surface area contributed by atoms with Crippen LogP contribution in [-0.2, 0) is 4.79 Å². The molecule has 1 aromatic heterocycles. The molecule has 2 saturated heterocycles. The van der Waals surface area contributed by atoms with Crippen molar-refractivity contribution in [1.29, 1.82) is 0 Å². The van der Waals surface area contributed by atoms with Crippen molar-refractivity contribution in [2.45, 2.75) is 45.6 Å². The topological polar surface area (TPSA) is 52.6 Å². The van der Waals surface area contributed by atoms with Gasteiger partial charge in [0.2, 0.25) is 5.91 Å². The first-order valence-electron chi connectivity index (χ1n) is 9.17. The summed E-state index contributed by atoms with van der Waals surface area (Å²) in [4.78, 5) is 28.2. The third-order valence-corrected chi connectivity index (χ3v) is 5.14. The Balaban J connectivity index is 1.57. The lowest BCUT2D eigenvalue weighted by Gasteiger charge is -2.39. The minimum atomic E-state index is -0.0122. The molecule has 2 aliphatic heterocycles. The maximum atomic E-state index is 12.6. The van der Waals surface area contributed by atoms with E-state index in [2.05, 4.69) is 40.5 Å². The van der Waals surface area contributed by atoms with Crippen molar-refractivity contribution in [3.05, 3.63) is 18.1 Å². The number of hydrogen-bond acceptors (Lipinski definition) is 5. The van der Waals surface area contributed by atoms with Crippen LogP contribution in [0.3, 0.4) is 0 Å². The van der Waals surface area contributed by atoms with Crippen molar-refractivity contribution in [3.63, 3.8) is 0 Å². The van der Waals surface area contributed by atoms with Gasteiger partial charge in [0.15, 0.2) is 0 Å². The summed E-state index contributed by atoms with van der Waals surface area (Å²) >= 11 is 0. The normalized spacial score (nSPS) is 20.7. The number of aromatic nitrogens is 2. The monoisotopic (exact) mass is 331 g/mol. The highest BCUT2D eigenvalue weighted by molar-refractivity contribution is 5.81. The second-order valence-electron chi connectivity index (χ2n) is 7.16. The van der Waals surface area contributed by atoms with Crippen molar-refractivity contribution < 1.29 is 4.79 Å². The Morgan fingerprint density at radius 2 is 1.71 bits per heavy atom. The second-order valence-corrected chi connectivity index (χ2v) is 7.16. The highest BCUT2D eigenvalue weighted by Crippen LogP contribution is 2.18. The molecule has 0 bridgehead atoms. The molecule has 1 amide bonds. The molecule has 6 nitrogen and oxygen atoms in total. The Morgan fingerprint density at radius 3 is 2.33 bits per heavy atom. The molecule has 2 fully saturated rings. The van der Waals surface area contributed by atoms with E-state index in [0.29, 0.717) is 11.8 Å². The molecule has 0 radical (unpaired) electrons. The zero-order valence-electron chi connectivity index (χ0n) is 15.1. The van der Waals surface area contributed by atoms with Crippen molar-refractivity contribution in [2.24, 2.45) is 0 Å². The van der Waals surface area contributed by atoms with Gasteiger partial charge in [-0.3, -0.25) is 9.69 Å². The second kappa shape index (κ2) is 7.47. The van der Waals surface area contributed by atoms with Gasteiger partial charge in [0, 0.05) is 51.4 Å².